The number of para-hydroxylation sites is 1. The fraction of sp³-hybridized carbons (Fsp3) is 0.389. The second kappa shape index (κ2) is 6.83. The summed E-state index contributed by atoms with van der Waals surface area (Å²) in [7, 11) is 0. The minimum atomic E-state index is 0.0960. The van der Waals surface area contributed by atoms with Crippen molar-refractivity contribution < 1.29 is 0 Å². The topological polar surface area (TPSA) is 55.6 Å². The zero-order valence-electron chi connectivity index (χ0n) is 14.5. The van der Waals surface area contributed by atoms with Gasteiger partial charge in [-0.15, -0.1) is 16.4 Å². The highest BCUT2D eigenvalue weighted by Gasteiger charge is 2.18. The first-order valence-corrected chi connectivity index (χ1v) is 8.97. The lowest BCUT2D eigenvalue weighted by atomic mass is 9.93. The maximum atomic E-state index is 4.71. The van der Waals surface area contributed by atoms with Gasteiger partial charge in [-0.1, -0.05) is 44.2 Å². The fourth-order valence-electron chi connectivity index (χ4n) is 2.26. The van der Waals surface area contributed by atoms with Gasteiger partial charge in [0.05, 0.1) is 29.3 Å². The number of benzene rings is 1. The minimum absolute atomic E-state index is 0.0960. The molecule has 5 nitrogen and oxygen atoms in total. The van der Waals surface area contributed by atoms with E-state index in [1.54, 1.807) is 16.0 Å². The van der Waals surface area contributed by atoms with Crippen LogP contribution in [0.2, 0.25) is 0 Å². The van der Waals surface area contributed by atoms with Crippen molar-refractivity contribution in [3.05, 3.63) is 58.3 Å². The van der Waals surface area contributed by atoms with Gasteiger partial charge in [0.15, 0.2) is 0 Å². The van der Waals surface area contributed by atoms with Crippen LogP contribution in [0.5, 0.6) is 0 Å². The zero-order valence-corrected chi connectivity index (χ0v) is 15.3. The molecule has 0 amide bonds. The summed E-state index contributed by atoms with van der Waals surface area (Å²) in [4.78, 5) is 4.71. The molecule has 0 saturated heterocycles. The Bertz CT molecular complexity index is 785. The largest absolute Gasteiger partial charge is 0.302 e. The lowest BCUT2D eigenvalue weighted by Gasteiger charge is -2.14. The van der Waals surface area contributed by atoms with Crippen molar-refractivity contribution in [1.82, 2.24) is 25.3 Å². The van der Waals surface area contributed by atoms with E-state index < -0.39 is 0 Å². The highest BCUT2D eigenvalue weighted by atomic mass is 32.1. The summed E-state index contributed by atoms with van der Waals surface area (Å²) >= 11 is 1.70. The molecule has 0 spiro atoms. The highest BCUT2D eigenvalue weighted by molar-refractivity contribution is 7.09. The van der Waals surface area contributed by atoms with E-state index in [4.69, 9.17) is 4.98 Å². The molecule has 1 unspecified atom stereocenters. The second-order valence-corrected chi connectivity index (χ2v) is 7.85. The normalized spacial score (nSPS) is 13.2. The maximum absolute atomic E-state index is 4.71. The van der Waals surface area contributed by atoms with Crippen molar-refractivity contribution in [2.75, 3.05) is 0 Å². The number of rotatable bonds is 5. The summed E-state index contributed by atoms with van der Waals surface area (Å²) in [5.41, 5.74) is 3.18. The summed E-state index contributed by atoms with van der Waals surface area (Å²) in [6, 6.07) is 10.1. The van der Waals surface area contributed by atoms with Gasteiger partial charge >= 0.3 is 0 Å². The zero-order chi connectivity index (χ0) is 17.2. The Hall–Kier alpha value is -2.05. The van der Waals surface area contributed by atoms with Crippen LogP contribution in [-0.4, -0.2) is 20.0 Å². The van der Waals surface area contributed by atoms with E-state index in [2.05, 4.69) is 48.7 Å². The summed E-state index contributed by atoms with van der Waals surface area (Å²) in [5.74, 6) is 0. The van der Waals surface area contributed by atoms with E-state index >= 15 is 0 Å². The highest BCUT2D eigenvalue weighted by Crippen LogP contribution is 2.24. The first-order valence-electron chi connectivity index (χ1n) is 8.09. The third-order valence-electron chi connectivity index (χ3n) is 3.86. The monoisotopic (exact) mass is 341 g/mol. The van der Waals surface area contributed by atoms with Crippen LogP contribution in [0.3, 0.4) is 0 Å². The molecule has 1 N–H and O–H groups in total. The van der Waals surface area contributed by atoms with Crippen molar-refractivity contribution in [3.8, 4) is 5.69 Å². The molecule has 126 valence electrons. The molecule has 0 saturated carbocycles. The molecule has 0 fully saturated rings. The van der Waals surface area contributed by atoms with Gasteiger partial charge in [-0.2, -0.15) is 0 Å². The molecule has 3 rings (SSSR count). The predicted octanol–water partition coefficient (Wildman–Crippen LogP) is 3.87. The first-order chi connectivity index (χ1) is 11.4. The van der Waals surface area contributed by atoms with E-state index in [1.165, 1.54) is 0 Å². The molecule has 2 heterocycles. The van der Waals surface area contributed by atoms with Crippen molar-refractivity contribution in [1.29, 1.82) is 0 Å². The average molecular weight is 341 g/mol. The van der Waals surface area contributed by atoms with Crippen LogP contribution in [0.15, 0.2) is 41.9 Å². The molecule has 1 aromatic carbocycles. The lowest BCUT2D eigenvalue weighted by molar-refractivity contribution is 0.547. The van der Waals surface area contributed by atoms with Crippen LogP contribution in [0.25, 0.3) is 5.69 Å². The van der Waals surface area contributed by atoms with Gasteiger partial charge in [-0.25, -0.2) is 9.67 Å². The molecular formula is C18H23N5S. The molecule has 2 aromatic heterocycles. The van der Waals surface area contributed by atoms with Gasteiger partial charge in [0.2, 0.25) is 0 Å². The Morgan fingerprint density at radius 1 is 1.21 bits per heavy atom. The number of hydrogen-bond donors (Lipinski definition) is 1. The quantitative estimate of drug-likeness (QED) is 0.765. The SMILES string of the molecule is CC(NCc1nc(C(C)(C)C)cs1)c1cn(-c2ccccc2)nn1. The van der Waals surface area contributed by atoms with Gasteiger partial charge in [-0.05, 0) is 19.1 Å². The first kappa shape index (κ1) is 16.8. The van der Waals surface area contributed by atoms with Crippen LogP contribution in [0.4, 0.5) is 0 Å². The lowest BCUT2D eigenvalue weighted by Crippen LogP contribution is -2.19. The van der Waals surface area contributed by atoms with Crippen LogP contribution >= 0.6 is 11.3 Å². The maximum Gasteiger partial charge on any atom is 0.107 e. The molecule has 1 atom stereocenters. The van der Waals surface area contributed by atoms with Crippen molar-refractivity contribution in [3.63, 3.8) is 0 Å². The van der Waals surface area contributed by atoms with Crippen molar-refractivity contribution in [2.45, 2.75) is 45.7 Å². The Kier molecular flexibility index (Phi) is 4.78. The number of thiazole rings is 1. The molecule has 24 heavy (non-hydrogen) atoms. The van der Waals surface area contributed by atoms with E-state index in [1.807, 2.05) is 36.5 Å². The minimum Gasteiger partial charge on any atom is -0.302 e. The molecule has 0 aliphatic rings. The second-order valence-electron chi connectivity index (χ2n) is 6.90. The number of nitrogens with one attached hydrogen (secondary N) is 1. The molecule has 3 aromatic rings. The van der Waals surface area contributed by atoms with Gasteiger partial charge in [-0.3, -0.25) is 0 Å². The average Bonchev–Trinajstić information content (AvgIpc) is 3.22. The third kappa shape index (κ3) is 3.88. The van der Waals surface area contributed by atoms with Crippen LogP contribution in [0.1, 0.15) is 50.1 Å². The smallest absolute Gasteiger partial charge is 0.107 e. The van der Waals surface area contributed by atoms with Crippen LogP contribution in [0, 0.1) is 0 Å². The Balaban J connectivity index is 1.62. The van der Waals surface area contributed by atoms with Gasteiger partial charge in [0, 0.05) is 17.3 Å². The Morgan fingerprint density at radius 2 is 1.96 bits per heavy atom. The van der Waals surface area contributed by atoms with Gasteiger partial charge in [0.1, 0.15) is 5.01 Å². The molecule has 0 aliphatic carbocycles. The van der Waals surface area contributed by atoms with Gasteiger partial charge < -0.3 is 5.32 Å². The number of aromatic nitrogens is 4. The summed E-state index contributed by atoms with van der Waals surface area (Å²) < 4.78 is 1.80. The van der Waals surface area contributed by atoms with E-state index in [0.29, 0.717) is 0 Å². The van der Waals surface area contributed by atoms with E-state index in [0.717, 1.165) is 28.6 Å². The molecule has 0 bridgehead atoms. The van der Waals surface area contributed by atoms with Crippen LogP contribution in [-0.2, 0) is 12.0 Å². The molecule has 0 radical (unpaired) electrons. The third-order valence-corrected chi connectivity index (χ3v) is 4.70. The van der Waals surface area contributed by atoms with E-state index in [-0.39, 0.29) is 11.5 Å². The fourth-order valence-corrected chi connectivity index (χ4v) is 3.24. The van der Waals surface area contributed by atoms with Crippen molar-refractivity contribution >= 4 is 11.3 Å². The van der Waals surface area contributed by atoms with Gasteiger partial charge in [0.25, 0.3) is 0 Å². The van der Waals surface area contributed by atoms with Crippen LogP contribution < -0.4 is 5.32 Å². The molecule has 0 aliphatic heterocycles. The summed E-state index contributed by atoms with van der Waals surface area (Å²) in [6.45, 7) is 9.38. The predicted molar refractivity (Wildman–Crippen MR) is 97.4 cm³/mol. The number of nitrogens with zero attached hydrogens (tertiary/aromatic N) is 4. The van der Waals surface area contributed by atoms with E-state index in [9.17, 15) is 0 Å². The van der Waals surface area contributed by atoms with Crippen molar-refractivity contribution in [2.24, 2.45) is 0 Å². The number of hydrogen-bond acceptors (Lipinski definition) is 5. The summed E-state index contributed by atoms with van der Waals surface area (Å²) in [5, 5.41) is 15.2. The Morgan fingerprint density at radius 3 is 2.62 bits per heavy atom. The molecular weight excluding hydrogens is 318 g/mol. The standard InChI is InChI=1S/C18H23N5S/c1-13(19-10-17-20-16(12-24-17)18(2,3)4)15-11-23(22-21-15)14-8-6-5-7-9-14/h5-9,11-13,19H,10H2,1-4H3. The summed E-state index contributed by atoms with van der Waals surface area (Å²) in [6.07, 6.45) is 1.97. The Labute approximate surface area is 146 Å². The molecule has 6 heteroatoms.